The highest BCUT2D eigenvalue weighted by molar-refractivity contribution is 5.73. The molecule has 8 unspecified atom stereocenters. The van der Waals surface area contributed by atoms with Gasteiger partial charge in [-0.1, -0.05) is 54.9 Å². The Kier molecular flexibility index (Phi) is 15.3. The van der Waals surface area contributed by atoms with Crippen LogP contribution in [-0.4, -0.2) is 108 Å². The minimum atomic E-state index is -1.88. The molecule has 0 saturated carbocycles. The quantitative estimate of drug-likeness (QED) is 0.200. The topological polar surface area (TPSA) is 200 Å². The van der Waals surface area contributed by atoms with Gasteiger partial charge in [0.1, 0.15) is 24.9 Å². The van der Waals surface area contributed by atoms with Gasteiger partial charge in [-0.2, -0.15) is 0 Å². The number of hydrogen-bond donors (Lipinski definition) is 2. The average molecular weight is 663 g/mol. The molecular weight excluding hydrogens is 612 g/mol. The van der Waals surface area contributed by atoms with E-state index < -0.39 is 116 Å². The molecule has 2 aliphatic rings. The zero-order chi connectivity index (χ0) is 34.9. The summed E-state index contributed by atoms with van der Waals surface area (Å²) in [5, 5.41) is 22.4. The molecule has 2 heterocycles. The fraction of sp³-hybridized carbons (Fsp3) is 0.839. The number of rotatable bonds is 14. The van der Waals surface area contributed by atoms with Crippen molar-refractivity contribution in [3.8, 4) is 0 Å². The van der Waals surface area contributed by atoms with Gasteiger partial charge in [-0.25, -0.2) is 0 Å². The van der Waals surface area contributed by atoms with E-state index in [-0.39, 0.29) is 6.42 Å². The fourth-order valence-electron chi connectivity index (χ4n) is 4.59. The summed E-state index contributed by atoms with van der Waals surface area (Å²) in [5.74, 6) is -5.03. The predicted octanol–water partition coefficient (Wildman–Crippen LogP) is 1.56. The van der Waals surface area contributed by atoms with E-state index in [1.54, 1.807) is 41.5 Å². The number of hydrogen-bond acceptors (Lipinski definition) is 15. The molecule has 46 heavy (non-hydrogen) atoms. The van der Waals surface area contributed by atoms with Crippen molar-refractivity contribution in [2.75, 3.05) is 6.61 Å². The molecule has 0 radical (unpaired) electrons. The summed E-state index contributed by atoms with van der Waals surface area (Å²) in [5.41, 5.74) is 0. The summed E-state index contributed by atoms with van der Waals surface area (Å²) in [7, 11) is 0. The first kappa shape index (κ1) is 39.3. The molecule has 2 N–H and O–H groups in total. The Bertz CT molecular complexity index is 1040. The zero-order valence-electron chi connectivity index (χ0n) is 28.0. The number of carbonyl (C=O) groups is 5. The van der Waals surface area contributed by atoms with Crippen molar-refractivity contribution in [2.24, 2.45) is 17.8 Å². The van der Waals surface area contributed by atoms with Gasteiger partial charge >= 0.3 is 29.8 Å². The molecule has 264 valence electrons. The molecule has 2 aliphatic heterocycles. The summed E-state index contributed by atoms with van der Waals surface area (Å²) in [6.45, 7) is 13.6. The van der Waals surface area contributed by atoms with E-state index in [0.29, 0.717) is 12.8 Å². The monoisotopic (exact) mass is 662 g/mol. The molecule has 0 aromatic carbocycles. The number of aliphatic hydroxyl groups excluding tert-OH is 2. The molecular formula is C31H50O15. The lowest BCUT2D eigenvalue weighted by molar-refractivity contribution is -0.360. The van der Waals surface area contributed by atoms with Crippen molar-refractivity contribution in [3.05, 3.63) is 0 Å². The molecule has 2 fully saturated rings. The highest BCUT2D eigenvalue weighted by Crippen LogP contribution is 2.34. The maximum absolute atomic E-state index is 12.8. The molecule has 2 saturated heterocycles. The minimum Gasteiger partial charge on any atom is -0.463 e. The van der Waals surface area contributed by atoms with E-state index in [1.807, 2.05) is 6.92 Å². The van der Waals surface area contributed by atoms with Crippen LogP contribution in [0, 0.1) is 17.8 Å². The highest BCUT2D eigenvalue weighted by atomic mass is 16.8. The second-order valence-electron chi connectivity index (χ2n) is 12.4. The first-order chi connectivity index (χ1) is 21.5. The molecule has 0 amide bonds. The van der Waals surface area contributed by atoms with Gasteiger partial charge in [-0.15, -0.1) is 0 Å². The SMILES string of the molecule is CCCCC(=O)OC1C(OC(C)=O)C(OC(=O)C(C)C)C(C)O[C@H]1O[C@H]1C(O)OC(COC(=O)C(C)C)C(OC(=O)C(C)C)C1O. The third-order valence-electron chi connectivity index (χ3n) is 7.27. The first-order valence-corrected chi connectivity index (χ1v) is 15.7. The molecule has 10 atom stereocenters. The molecule has 0 aromatic heterocycles. The molecule has 0 aromatic rings. The van der Waals surface area contributed by atoms with Crippen molar-refractivity contribution < 1.29 is 72.1 Å². The Balaban J connectivity index is 2.45. The predicted molar refractivity (Wildman–Crippen MR) is 156 cm³/mol. The van der Waals surface area contributed by atoms with Gasteiger partial charge in [0.05, 0.1) is 23.9 Å². The van der Waals surface area contributed by atoms with E-state index >= 15 is 0 Å². The lowest BCUT2D eigenvalue weighted by atomic mass is 9.96. The van der Waals surface area contributed by atoms with E-state index in [1.165, 1.54) is 6.92 Å². The van der Waals surface area contributed by atoms with Crippen LogP contribution in [0.25, 0.3) is 0 Å². The van der Waals surface area contributed by atoms with Crippen molar-refractivity contribution in [1.82, 2.24) is 0 Å². The van der Waals surface area contributed by atoms with Crippen molar-refractivity contribution in [3.63, 3.8) is 0 Å². The maximum atomic E-state index is 12.8. The number of esters is 5. The van der Waals surface area contributed by atoms with E-state index in [4.69, 9.17) is 37.9 Å². The van der Waals surface area contributed by atoms with Gasteiger partial charge < -0.3 is 48.1 Å². The second-order valence-corrected chi connectivity index (χ2v) is 12.4. The van der Waals surface area contributed by atoms with Crippen LogP contribution < -0.4 is 0 Å². The lowest BCUT2D eigenvalue weighted by Gasteiger charge is -2.47. The largest absolute Gasteiger partial charge is 0.463 e. The van der Waals surface area contributed by atoms with Crippen LogP contribution in [-0.2, 0) is 61.9 Å². The lowest BCUT2D eigenvalue weighted by Crippen LogP contribution is -2.66. The molecule has 15 nitrogen and oxygen atoms in total. The summed E-state index contributed by atoms with van der Waals surface area (Å²) in [4.78, 5) is 62.3. The van der Waals surface area contributed by atoms with Crippen LogP contribution in [0.15, 0.2) is 0 Å². The van der Waals surface area contributed by atoms with Crippen LogP contribution in [0.3, 0.4) is 0 Å². The van der Waals surface area contributed by atoms with Gasteiger partial charge in [0, 0.05) is 13.3 Å². The van der Waals surface area contributed by atoms with Crippen molar-refractivity contribution in [1.29, 1.82) is 0 Å². The maximum Gasteiger partial charge on any atom is 0.308 e. The third kappa shape index (κ3) is 10.9. The molecule has 2 rings (SSSR count). The van der Waals surface area contributed by atoms with Gasteiger partial charge in [0.15, 0.2) is 37.0 Å². The van der Waals surface area contributed by atoms with Crippen LogP contribution >= 0.6 is 0 Å². The third-order valence-corrected chi connectivity index (χ3v) is 7.27. The van der Waals surface area contributed by atoms with Gasteiger partial charge in [0.25, 0.3) is 0 Å². The Hall–Kier alpha value is -2.85. The number of unbranched alkanes of at least 4 members (excludes halogenated alkanes) is 1. The van der Waals surface area contributed by atoms with Gasteiger partial charge in [-0.3, -0.25) is 24.0 Å². The van der Waals surface area contributed by atoms with Gasteiger partial charge in [0.2, 0.25) is 0 Å². The highest BCUT2D eigenvalue weighted by Gasteiger charge is 2.55. The van der Waals surface area contributed by atoms with Gasteiger partial charge in [-0.05, 0) is 13.3 Å². The molecule has 0 spiro atoms. The van der Waals surface area contributed by atoms with E-state index in [9.17, 15) is 34.2 Å². The van der Waals surface area contributed by atoms with Crippen LogP contribution in [0.2, 0.25) is 0 Å². The normalized spacial score (nSPS) is 31.3. The Morgan fingerprint density at radius 1 is 0.717 bits per heavy atom. The Labute approximate surface area is 269 Å². The average Bonchev–Trinajstić information content (AvgIpc) is 2.97. The molecule has 0 aliphatic carbocycles. The number of aliphatic hydroxyl groups is 2. The smallest absolute Gasteiger partial charge is 0.308 e. The standard InChI is InChI=1S/C31H50O15/c1-10-11-12-20(33)43-26-25(41-18(9)32)22(44-28(36)15(4)5)17(8)40-31(26)46-24-21(34)23(45-29(37)16(6)7)19(42-30(24)38)13-39-27(35)14(2)3/h14-17,19,21-26,30-31,34,38H,10-13H2,1-9H3/t17?,19?,21?,22?,23?,24-,25?,26?,30?,31+/m1/s1. The van der Waals surface area contributed by atoms with Crippen molar-refractivity contribution >= 4 is 29.8 Å². The molecule has 0 bridgehead atoms. The summed E-state index contributed by atoms with van der Waals surface area (Å²) >= 11 is 0. The molecule has 15 heteroatoms. The van der Waals surface area contributed by atoms with Crippen LogP contribution in [0.5, 0.6) is 0 Å². The minimum absolute atomic E-state index is 0.000306. The van der Waals surface area contributed by atoms with Crippen LogP contribution in [0.1, 0.15) is 81.6 Å². The van der Waals surface area contributed by atoms with Crippen LogP contribution in [0.4, 0.5) is 0 Å². The zero-order valence-corrected chi connectivity index (χ0v) is 28.0. The first-order valence-electron chi connectivity index (χ1n) is 15.7. The summed E-state index contributed by atoms with van der Waals surface area (Å²) < 4.78 is 45.1. The summed E-state index contributed by atoms with van der Waals surface area (Å²) in [6, 6.07) is 0. The summed E-state index contributed by atoms with van der Waals surface area (Å²) in [6.07, 6.45) is -13.7. The fourth-order valence-corrected chi connectivity index (χ4v) is 4.59. The Morgan fingerprint density at radius 2 is 1.28 bits per heavy atom. The Morgan fingerprint density at radius 3 is 1.80 bits per heavy atom. The van der Waals surface area contributed by atoms with E-state index in [0.717, 1.165) is 6.92 Å². The number of ether oxygens (including phenoxy) is 8. The van der Waals surface area contributed by atoms with E-state index in [2.05, 4.69) is 0 Å². The van der Waals surface area contributed by atoms with Crippen molar-refractivity contribution in [2.45, 2.75) is 143 Å². The number of carbonyl (C=O) groups excluding carboxylic acids is 5. The second kappa shape index (κ2) is 17.9.